The van der Waals surface area contributed by atoms with E-state index in [-0.39, 0.29) is 11.7 Å². The maximum Gasteiger partial charge on any atom is 0.260 e. The number of nitrogens with one attached hydrogen (secondary N) is 1. The number of ketones is 1. The SMILES string of the molecule is CC(=O)c1cccc(OC(C)C(=O)NCC2CN3CCCN2CC3)c1. The zero-order chi connectivity index (χ0) is 17.8. The molecule has 0 aliphatic carbocycles. The van der Waals surface area contributed by atoms with Crippen LogP contribution in [0.2, 0.25) is 0 Å². The lowest BCUT2D eigenvalue weighted by atomic mass is 10.1. The van der Waals surface area contributed by atoms with Crippen LogP contribution in [0.25, 0.3) is 0 Å². The van der Waals surface area contributed by atoms with E-state index in [9.17, 15) is 9.59 Å². The molecule has 3 aliphatic rings. The fraction of sp³-hybridized carbons (Fsp3) is 0.579. The number of carbonyl (C=O) groups excluding carboxylic acids is 2. The van der Waals surface area contributed by atoms with Crippen LogP contribution in [0.1, 0.15) is 30.6 Å². The lowest BCUT2D eigenvalue weighted by Crippen LogP contribution is -2.55. The van der Waals surface area contributed by atoms with Crippen molar-refractivity contribution in [3.8, 4) is 5.75 Å². The van der Waals surface area contributed by atoms with Gasteiger partial charge in [-0.15, -0.1) is 0 Å². The minimum absolute atomic E-state index is 0.0185. The van der Waals surface area contributed by atoms with E-state index in [2.05, 4.69) is 15.1 Å². The van der Waals surface area contributed by atoms with Gasteiger partial charge in [0, 0.05) is 37.8 Å². The summed E-state index contributed by atoms with van der Waals surface area (Å²) in [5.41, 5.74) is 0.585. The number of amides is 1. The molecule has 3 fully saturated rings. The third-order valence-electron chi connectivity index (χ3n) is 5.04. The molecule has 0 spiro atoms. The molecular formula is C19H27N3O3. The number of nitrogens with zero attached hydrogens (tertiary/aromatic N) is 2. The van der Waals surface area contributed by atoms with Crippen LogP contribution in [0.3, 0.4) is 0 Å². The highest BCUT2D eigenvalue weighted by Gasteiger charge is 2.30. The molecule has 6 heteroatoms. The van der Waals surface area contributed by atoms with E-state index in [4.69, 9.17) is 4.74 Å². The minimum Gasteiger partial charge on any atom is -0.481 e. The number of piperazine rings is 1. The summed E-state index contributed by atoms with van der Waals surface area (Å²) >= 11 is 0. The number of Topliss-reactive ketones (excluding diaryl/α,β-unsaturated/α-hetero) is 1. The molecule has 136 valence electrons. The Morgan fingerprint density at radius 1 is 1.28 bits per heavy atom. The monoisotopic (exact) mass is 345 g/mol. The van der Waals surface area contributed by atoms with Crippen LogP contribution in [0.4, 0.5) is 0 Å². The quantitative estimate of drug-likeness (QED) is 0.784. The summed E-state index contributed by atoms with van der Waals surface area (Å²) in [6.07, 6.45) is 0.608. The van der Waals surface area contributed by atoms with Gasteiger partial charge >= 0.3 is 0 Å². The van der Waals surface area contributed by atoms with Gasteiger partial charge in [-0.25, -0.2) is 0 Å². The van der Waals surface area contributed by atoms with Gasteiger partial charge in [-0.3, -0.25) is 14.5 Å². The molecule has 3 aliphatic heterocycles. The highest BCUT2D eigenvalue weighted by atomic mass is 16.5. The highest BCUT2D eigenvalue weighted by Crippen LogP contribution is 2.17. The van der Waals surface area contributed by atoms with Gasteiger partial charge in [0.15, 0.2) is 11.9 Å². The number of fused-ring (bicyclic) bond motifs is 4. The fourth-order valence-electron chi connectivity index (χ4n) is 3.55. The maximum atomic E-state index is 12.4. The molecule has 0 radical (unpaired) electrons. The Balaban J connectivity index is 1.51. The van der Waals surface area contributed by atoms with Crippen LogP contribution < -0.4 is 10.1 Å². The van der Waals surface area contributed by atoms with Gasteiger partial charge in [-0.05, 0) is 45.5 Å². The zero-order valence-corrected chi connectivity index (χ0v) is 15.0. The Morgan fingerprint density at radius 3 is 2.92 bits per heavy atom. The van der Waals surface area contributed by atoms with Crippen molar-refractivity contribution in [3.63, 3.8) is 0 Å². The molecule has 1 amide bonds. The van der Waals surface area contributed by atoms with E-state index in [0.717, 1.165) is 32.7 Å². The molecule has 0 saturated carbocycles. The molecule has 4 atom stereocenters. The predicted molar refractivity (Wildman–Crippen MR) is 96.0 cm³/mol. The van der Waals surface area contributed by atoms with E-state index in [0.29, 0.717) is 23.9 Å². The van der Waals surface area contributed by atoms with Gasteiger partial charge in [0.2, 0.25) is 0 Å². The van der Waals surface area contributed by atoms with Gasteiger partial charge in [0.25, 0.3) is 5.91 Å². The van der Waals surface area contributed by atoms with Crippen molar-refractivity contribution in [2.75, 3.05) is 39.3 Å². The number of carbonyl (C=O) groups is 2. The van der Waals surface area contributed by atoms with Crippen molar-refractivity contribution < 1.29 is 14.3 Å². The second kappa shape index (κ2) is 7.97. The predicted octanol–water partition coefficient (Wildman–Crippen LogP) is 1.16. The Labute approximate surface area is 149 Å². The van der Waals surface area contributed by atoms with Crippen molar-refractivity contribution >= 4 is 11.7 Å². The Bertz CT molecular complexity index is 630. The Hall–Kier alpha value is -1.92. The number of hydrogen-bond donors (Lipinski definition) is 1. The summed E-state index contributed by atoms with van der Waals surface area (Å²) in [4.78, 5) is 28.8. The third kappa shape index (κ3) is 4.58. The first-order valence-corrected chi connectivity index (χ1v) is 9.04. The molecule has 2 bridgehead atoms. The van der Waals surface area contributed by atoms with E-state index in [1.807, 2.05) is 0 Å². The minimum atomic E-state index is -0.597. The van der Waals surface area contributed by atoms with Crippen molar-refractivity contribution in [2.24, 2.45) is 0 Å². The summed E-state index contributed by atoms with van der Waals surface area (Å²) in [5, 5.41) is 3.02. The zero-order valence-electron chi connectivity index (χ0n) is 15.0. The first kappa shape index (κ1) is 17.9. The van der Waals surface area contributed by atoms with Gasteiger partial charge in [-0.1, -0.05) is 12.1 Å². The van der Waals surface area contributed by atoms with Crippen LogP contribution in [0.5, 0.6) is 5.75 Å². The van der Waals surface area contributed by atoms with Gasteiger partial charge in [0.05, 0.1) is 0 Å². The lowest BCUT2D eigenvalue weighted by molar-refractivity contribution is -0.127. The van der Waals surface area contributed by atoms with Crippen LogP contribution in [-0.2, 0) is 4.79 Å². The van der Waals surface area contributed by atoms with Crippen LogP contribution in [-0.4, -0.2) is 72.9 Å². The Morgan fingerprint density at radius 2 is 2.12 bits per heavy atom. The average molecular weight is 345 g/mol. The molecule has 4 unspecified atom stereocenters. The largest absolute Gasteiger partial charge is 0.481 e. The molecule has 1 aromatic carbocycles. The number of rotatable bonds is 6. The summed E-state index contributed by atoms with van der Waals surface area (Å²) in [5.74, 6) is 0.401. The fourth-order valence-corrected chi connectivity index (χ4v) is 3.55. The first-order chi connectivity index (χ1) is 12.0. The number of benzene rings is 1. The summed E-state index contributed by atoms with van der Waals surface area (Å²) in [7, 11) is 0. The van der Waals surface area contributed by atoms with Crippen LogP contribution in [0.15, 0.2) is 24.3 Å². The maximum absolute atomic E-state index is 12.4. The van der Waals surface area contributed by atoms with E-state index >= 15 is 0 Å². The third-order valence-corrected chi connectivity index (χ3v) is 5.04. The smallest absolute Gasteiger partial charge is 0.260 e. The summed E-state index contributed by atoms with van der Waals surface area (Å²) in [6.45, 7) is 9.42. The van der Waals surface area contributed by atoms with E-state index in [1.54, 1.807) is 31.2 Å². The molecule has 25 heavy (non-hydrogen) atoms. The molecule has 4 rings (SSSR count). The lowest BCUT2D eigenvalue weighted by Gasteiger charge is -2.37. The molecule has 3 heterocycles. The van der Waals surface area contributed by atoms with Crippen LogP contribution >= 0.6 is 0 Å². The van der Waals surface area contributed by atoms with E-state index in [1.165, 1.54) is 13.3 Å². The molecule has 1 N–H and O–H groups in total. The first-order valence-electron chi connectivity index (χ1n) is 9.04. The highest BCUT2D eigenvalue weighted by molar-refractivity contribution is 5.94. The summed E-state index contributed by atoms with van der Waals surface area (Å²) < 4.78 is 5.71. The second-order valence-corrected chi connectivity index (χ2v) is 6.93. The van der Waals surface area contributed by atoms with Crippen LogP contribution in [0, 0.1) is 0 Å². The molecule has 3 saturated heterocycles. The number of hydrogen-bond acceptors (Lipinski definition) is 5. The molecule has 0 aromatic heterocycles. The molecule has 1 aromatic rings. The molecule has 6 nitrogen and oxygen atoms in total. The van der Waals surface area contributed by atoms with Crippen molar-refractivity contribution in [1.29, 1.82) is 0 Å². The normalized spacial score (nSPS) is 26.6. The standard InChI is InChI=1S/C19H27N3O3/c1-14(23)16-5-3-6-18(11-16)25-15(2)19(24)20-12-17-13-21-7-4-8-22(17)10-9-21/h3,5-6,11,15,17H,4,7-10,12-13H2,1-2H3,(H,20,24). The topological polar surface area (TPSA) is 61.9 Å². The molecular weight excluding hydrogens is 318 g/mol. The summed E-state index contributed by atoms with van der Waals surface area (Å²) in [6, 6.07) is 7.33. The van der Waals surface area contributed by atoms with Crippen molar-refractivity contribution in [2.45, 2.75) is 32.4 Å². The average Bonchev–Trinajstić information content (AvgIpc) is 2.95. The second-order valence-electron chi connectivity index (χ2n) is 6.93. The van der Waals surface area contributed by atoms with Crippen molar-refractivity contribution in [3.05, 3.63) is 29.8 Å². The van der Waals surface area contributed by atoms with Gasteiger partial charge in [-0.2, -0.15) is 0 Å². The van der Waals surface area contributed by atoms with Gasteiger partial charge < -0.3 is 15.0 Å². The number of ether oxygens (including phenoxy) is 1. The van der Waals surface area contributed by atoms with Gasteiger partial charge in [0.1, 0.15) is 5.75 Å². The van der Waals surface area contributed by atoms with E-state index < -0.39 is 6.10 Å². The Kier molecular flexibility index (Phi) is 5.71. The van der Waals surface area contributed by atoms with Crippen molar-refractivity contribution in [1.82, 2.24) is 15.1 Å².